The topological polar surface area (TPSA) is 68.2 Å². The van der Waals surface area contributed by atoms with E-state index in [0.29, 0.717) is 6.54 Å². The highest BCUT2D eigenvalue weighted by atomic mass is 16.3. The average Bonchev–Trinajstić information content (AvgIpc) is 3.01. The molecule has 5 nitrogen and oxygen atoms in total. The molecular weight excluding hydrogens is 264 g/mol. The first-order valence-electron chi connectivity index (χ1n) is 7.04. The maximum atomic E-state index is 5.66. The number of nitrogens with zero attached hydrogens (tertiary/aromatic N) is 3. The van der Waals surface area contributed by atoms with Crippen LogP contribution in [0.5, 0.6) is 0 Å². The second-order valence-corrected chi connectivity index (χ2v) is 4.89. The summed E-state index contributed by atoms with van der Waals surface area (Å²) in [7, 11) is 0. The Kier molecular flexibility index (Phi) is 4.12. The number of hydrogen-bond acceptors (Lipinski definition) is 5. The Morgan fingerprint density at radius 1 is 1.19 bits per heavy atom. The van der Waals surface area contributed by atoms with Crippen LogP contribution >= 0.6 is 0 Å². The molecule has 0 saturated heterocycles. The molecule has 0 aliphatic heterocycles. The first-order chi connectivity index (χ1) is 10.4. The predicted octanol–water partition coefficient (Wildman–Crippen LogP) is 2.58. The van der Waals surface area contributed by atoms with Gasteiger partial charge in [0.15, 0.2) is 0 Å². The van der Waals surface area contributed by atoms with Crippen molar-refractivity contribution >= 4 is 16.8 Å². The van der Waals surface area contributed by atoms with Crippen LogP contribution in [0.1, 0.15) is 12.0 Å². The molecule has 0 spiro atoms. The normalized spacial score (nSPS) is 10.9. The molecule has 0 unspecified atom stereocenters. The van der Waals surface area contributed by atoms with E-state index in [1.807, 2.05) is 24.4 Å². The zero-order chi connectivity index (χ0) is 14.5. The lowest BCUT2D eigenvalue weighted by atomic mass is 10.2. The minimum atomic E-state index is 0.658. The van der Waals surface area contributed by atoms with Gasteiger partial charge < -0.3 is 15.1 Å². The first kappa shape index (κ1) is 13.6. The molecule has 3 aromatic heterocycles. The standard InChI is InChI=1S/C16H18N4O/c17-6-2-9-20(12-13-3-1-7-18-11-13)16-14-5-10-21-15(14)4-8-19-16/h1,3-5,7-8,10-11H,2,6,9,12,17H2. The fraction of sp³-hybridized carbons (Fsp3) is 0.250. The highest BCUT2D eigenvalue weighted by Crippen LogP contribution is 2.26. The third-order valence-electron chi connectivity index (χ3n) is 3.39. The molecule has 0 amide bonds. The number of anilines is 1. The highest BCUT2D eigenvalue weighted by Gasteiger charge is 2.13. The van der Waals surface area contributed by atoms with Crippen molar-refractivity contribution in [1.82, 2.24) is 9.97 Å². The molecule has 5 heteroatoms. The van der Waals surface area contributed by atoms with E-state index in [9.17, 15) is 0 Å². The summed E-state index contributed by atoms with van der Waals surface area (Å²) in [5, 5.41) is 1.03. The van der Waals surface area contributed by atoms with Crippen molar-refractivity contribution in [2.45, 2.75) is 13.0 Å². The summed E-state index contributed by atoms with van der Waals surface area (Å²) < 4.78 is 5.46. The van der Waals surface area contributed by atoms with Gasteiger partial charge in [-0.1, -0.05) is 6.07 Å². The number of fused-ring (bicyclic) bond motifs is 1. The Bertz CT molecular complexity index is 696. The van der Waals surface area contributed by atoms with Crippen LogP contribution < -0.4 is 10.6 Å². The van der Waals surface area contributed by atoms with E-state index in [1.54, 1.807) is 18.7 Å². The molecule has 0 radical (unpaired) electrons. The summed E-state index contributed by atoms with van der Waals surface area (Å²) in [5.41, 5.74) is 7.66. The van der Waals surface area contributed by atoms with Gasteiger partial charge in [-0.25, -0.2) is 4.98 Å². The Labute approximate surface area is 123 Å². The van der Waals surface area contributed by atoms with E-state index in [2.05, 4.69) is 20.9 Å². The molecule has 3 heterocycles. The number of furan rings is 1. The predicted molar refractivity (Wildman–Crippen MR) is 83.0 cm³/mol. The molecule has 3 rings (SSSR count). The lowest BCUT2D eigenvalue weighted by molar-refractivity contribution is 0.615. The van der Waals surface area contributed by atoms with Crippen molar-refractivity contribution in [1.29, 1.82) is 0 Å². The van der Waals surface area contributed by atoms with Gasteiger partial charge in [-0.2, -0.15) is 0 Å². The molecule has 0 aliphatic carbocycles. The number of aromatic nitrogens is 2. The van der Waals surface area contributed by atoms with Crippen LogP contribution in [0.15, 0.2) is 53.5 Å². The van der Waals surface area contributed by atoms with E-state index >= 15 is 0 Å². The molecular formula is C16H18N4O. The fourth-order valence-electron chi connectivity index (χ4n) is 2.39. The number of rotatable bonds is 6. The number of pyridine rings is 2. The van der Waals surface area contributed by atoms with Crippen molar-refractivity contribution in [2.75, 3.05) is 18.0 Å². The summed E-state index contributed by atoms with van der Waals surface area (Å²) in [6, 6.07) is 7.85. The zero-order valence-electron chi connectivity index (χ0n) is 11.8. The largest absolute Gasteiger partial charge is 0.464 e. The fourth-order valence-corrected chi connectivity index (χ4v) is 2.39. The van der Waals surface area contributed by atoms with Gasteiger partial charge in [0.1, 0.15) is 11.4 Å². The van der Waals surface area contributed by atoms with E-state index in [0.717, 1.165) is 41.9 Å². The van der Waals surface area contributed by atoms with Gasteiger partial charge in [0.2, 0.25) is 0 Å². The van der Waals surface area contributed by atoms with E-state index in [4.69, 9.17) is 10.2 Å². The number of hydrogen-bond donors (Lipinski definition) is 1. The summed E-state index contributed by atoms with van der Waals surface area (Å²) in [4.78, 5) is 10.9. The van der Waals surface area contributed by atoms with Crippen molar-refractivity contribution in [3.63, 3.8) is 0 Å². The van der Waals surface area contributed by atoms with Gasteiger partial charge >= 0.3 is 0 Å². The second-order valence-electron chi connectivity index (χ2n) is 4.89. The van der Waals surface area contributed by atoms with Crippen LogP contribution in [0, 0.1) is 0 Å². The Morgan fingerprint density at radius 2 is 2.14 bits per heavy atom. The Hall–Kier alpha value is -2.40. The Balaban J connectivity index is 1.93. The summed E-state index contributed by atoms with van der Waals surface area (Å²) in [6.07, 6.45) is 8.05. The smallest absolute Gasteiger partial charge is 0.139 e. The third kappa shape index (κ3) is 3.03. The highest BCUT2D eigenvalue weighted by molar-refractivity contribution is 5.88. The van der Waals surface area contributed by atoms with E-state index < -0.39 is 0 Å². The zero-order valence-corrected chi connectivity index (χ0v) is 11.8. The summed E-state index contributed by atoms with van der Waals surface area (Å²) in [5.74, 6) is 0.929. The summed E-state index contributed by atoms with van der Waals surface area (Å²) in [6.45, 7) is 2.26. The molecule has 0 atom stereocenters. The van der Waals surface area contributed by atoms with Crippen LogP contribution in [0.25, 0.3) is 11.0 Å². The van der Waals surface area contributed by atoms with Gasteiger partial charge in [-0.15, -0.1) is 0 Å². The van der Waals surface area contributed by atoms with Crippen LogP contribution in [0.3, 0.4) is 0 Å². The molecule has 0 fully saturated rings. The van der Waals surface area contributed by atoms with Crippen molar-refractivity contribution < 1.29 is 4.42 Å². The van der Waals surface area contributed by atoms with Gasteiger partial charge in [-0.3, -0.25) is 4.98 Å². The van der Waals surface area contributed by atoms with Gasteiger partial charge in [0.25, 0.3) is 0 Å². The monoisotopic (exact) mass is 282 g/mol. The van der Waals surface area contributed by atoms with Crippen LogP contribution in [0.4, 0.5) is 5.82 Å². The van der Waals surface area contributed by atoms with Gasteiger partial charge in [0, 0.05) is 31.7 Å². The van der Waals surface area contributed by atoms with E-state index in [-0.39, 0.29) is 0 Å². The van der Waals surface area contributed by atoms with E-state index in [1.165, 1.54) is 0 Å². The minimum absolute atomic E-state index is 0.658. The van der Waals surface area contributed by atoms with Crippen molar-refractivity contribution in [3.05, 3.63) is 54.7 Å². The minimum Gasteiger partial charge on any atom is -0.464 e. The van der Waals surface area contributed by atoms with Crippen molar-refractivity contribution in [3.8, 4) is 0 Å². The Morgan fingerprint density at radius 3 is 2.95 bits per heavy atom. The second kappa shape index (κ2) is 6.37. The molecule has 108 valence electrons. The third-order valence-corrected chi connectivity index (χ3v) is 3.39. The average molecular weight is 282 g/mol. The molecule has 2 N–H and O–H groups in total. The van der Waals surface area contributed by atoms with Crippen LogP contribution in [0.2, 0.25) is 0 Å². The maximum absolute atomic E-state index is 5.66. The van der Waals surface area contributed by atoms with Crippen LogP contribution in [-0.4, -0.2) is 23.1 Å². The lowest BCUT2D eigenvalue weighted by Gasteiger charge is -2.24. The van der Waals surface area contributed by atoms with Gasteiger partial charge in [0.05, 0.1) is 11.6 Å². The van der Waals surface area contributed by atoms with Gasteiger partial charge in [-0.05, 0) is 36.7 Å². The molecule has 0 aliphatic rings. The van der Waals surface area contributed by atoms with Crippen molar-refractivity contribution in [2.24, 2.45) is 5.73 Å². The maximum Gasteiger partial charge on any atom is 0.139 e. The molecule has 21 heavy (non-hydrogen) atoms. The first-order valence-corrected chi connectivity index (χ1v) is 7.04. The SMILES string of the molecule is NCCCN(Cc1cccnc1)c1nccc2occc12. The van der Waals surface area contributed by atoms with Crippen LogP contribution in [-0.2, 0) is 6.54 Å². The molecule has 0 aromatic carbocycles. The molecule has 0 saturated carbocycles. The molecule has 3 aromatic rings. The quantitative estimate of drug-likeness (QED) is 0.752. The molecule has 0 bridgehead atoms. The number of nitrogens with two attached hydrogens (primary N) is 1. The lowest BCUT2D eigenvalue weighted by Crippen LogP contribution is -2.26. The summed E-state index contributed by atoms with van der Waals surface area (Å²) >= 11 is 0.